The molecular weight excluding hydrogens is 833 g/mol. The molecule has 0 aromatic carbocycles. The largest absolute Gasteiger partial charge is 0.409 e. The second-order valence-corrected chi connectivity index (χ2v) is 48.0. The molecule has 0 aromatic heterocycles. The maximum atomic E-state index is 7.66. The van der Waals surface area contributed by atoms with Crippen LogP contribution in [0.3, 0.4) is 0 Å². The molecule has 0 bridgehead atoms. The molecule has 16 heteroatoms. The van der Waals surface area contributed by atoms with Gasteiger partial charge in [-0.1, -0.05) is 156 Å². The first-order chi connectivity index (χ1) is 25.7. The third kappa shape index (κ3) is 10.3. The van der Waals surface area contributed by atoms with Gasteiger partial charge in [0.1, 0.15) is 0 Å². The predicted octanol–water partition coefficient (Wildman–Crippen LogP) is 12.8. The minimum absolute atomic E-state index is 0.117. The summed E-state index contributed by atoms with van der Waals surface area (Å²) in [7, 11) is -28.2. The second-order valence-electron chi connectivity index (χ2n) is 17.5. The Kier molecular flexibility index (Phi) is 19.3. The van der Waals surface area contributed by atoms with Crippen molar-refractivity contribution in [3.8, 4) is 0 Å². The molecule has 0 unspecified atom stereocenters. The van der Waals surface area contributed by atoms with E-state index in [1.165, 1.54) is 0 Å². The van der Waals surface area contributed by atoms with Crippen LogP contribution in [-0.4, -0.2) is 68.5 Å². The van der Waals surface area contributed by atoms with E-state index in [0.717, 1.165) is 0 Å². The van der Waals surface area contributed by atoms with E-state index in [4.69, 9.17) is 32.9 Å². The van der Waals surface area contributed by atoms with Gasteiger partial charge in [0.25, 0.3) is 0 Å². The topological polar surface area (TPSA) is 73.8 Å². The monoisotopic (exact) mass is 912 g/mol. The molecule has 8 nitrogen and oxygen atoms in total. The smallest absolute Gasteiger partial charge is 0.349 e. The van der Waals surface area contributed by atoms with Crippen molar-refractivity contribution in [2.24, 2.45) is 0 Å². The summed E-state index contributed by atoms with van der Waals surface area (Å²) < 4.78 is 61.3. The van der Waals surface area contributed by atoms with E-state index in [2.05, 4.69) is 163 Å². The van der Waals surface area contributed by atoms with Crippen molar-refractivity contribution in [2.45, 2.75) is 155 Å². The highest BCUT2D eigenvalue weighted by Gasteiger charge is 2.65. The zero-order chi connectivity index (χ0) is 43.9. The van der Waals surface area contributed by atoms with Gasteiger partial charge in [-0.25, -0.2) is 0 Å². The summed E-state index contributed by atoms with van der Waals surface area (Å²) in [6, 6.07) is 0. The molecule has 0 N–H and O–H groups in total. The highest BCUT2D eigenvalue weighted by atomic mass is 28.5. The van der Waals surface area contributed by atoms with E-state index in [-0.39, 0.29) is 44.3 Å². The van der Waals surface area contributed by atoms with Crippen molar-refractivity contribution >= 4 is 68.5 Å². The molecule has 0 aliphatic carbocycles. The standard InChI is InChI=1S/C40H80O8Si8/c1-25-49(33(9)10)41-50(26-2,34(11)12)43-52(28-4,36(15)16)45-54(30-6,38(19)20)47-56(32-8,40(23)24)48-55(31-7,39(21)22)46-53(29-5,37(17)18)44-51(27-3,42-49)35(13)14/h25-40H,1-8H2,9-24H3. The van der Waals surface area contributed by atoms with Crippen LogP contribution < -0.4 is 0 Å². The fraction of sp³-hybridized carbons (Fsp3) is 0.600. The van der Waals surface area contributed by atoms with Crippen molar-refractivity contribution < 1.29 is 32.9 Å². The van der Waals surface area contributed by atoms with Crippen LogP contribution in [0.15, 0.2) is 98.2 Å². The first kappa shape index (κ1) is 53.4. The second kappa shape index (κ2) is 20.3. The van der Waals surface area contributed by atoms with Crippen molar-refractivity contribution in [3.05, 3.63) is 98.2 Å². The van der Waals surface area contributed by atoms with Crippen LogP contribution >= 0.6 is 0 Å². The maximum absolute atomic E-state index is 7.66. The molecule has 0 aromatic rings. The van der Waals surface area contributed by atoms with Crippen molar-refractivity contribution in [2.75, 3.05) is 0 Å². The van der Waals surface area contributed by atoms with Crippen LogP contribution in [0.4, 0.5) is 0 Å². The minimum Gasteiger partial charge on any atom is -0.409 e. The molecule has 0 spiro atoms. The van der Waals surface area contributed by atoms with Crippen LogP contribution in [0.2, 0.25) is 44.3 Å². The Morgan fingerprint density at radius 3 is 0.321 bits per heavy atom. The Hall–Kier alpha value is -0.665. The zero-order valence-electron chi connectivity index (χ0n) is 38.2. The summed E-state index contributed by atoms with van der Waals surface area (Å²) in [4.78, 5) is 0. The minimum atomic E-state index is -3.52. The first-order valence-electron chi connectivity index (χ1n) is 20.4. The van der Waals surface area contributed by atoms with Crippen molar-refractivity contribution in [1.29, 1.82) is 0 Å². The molecule has 1 saturated heterocycles. The van der Waals surface area contributed by atoms with Crippen LogP contribution in [0.5, 0.6) is 0 Å². The molecule has 0 radical (unpaired) electrons. The van der Waals surface area contributed by atoms with Gasteiger partial charge in [0.15, 0.2) is 0 Å². The molecule has 320 valence electrons. The van der Waals surface area contributed by atoms with Gasteiger partial charge in [-0.3, -0.25) is 0 Å². The van der Waals surface area contributed by atoms with Crippen LogP contribution in [0.1, 0.15) is 111 Å². The Labute approximate surface area is 352 Å². The maximum Gasteiger partial charge on any atom is 0.349 e. The Morgan fingerprint density at radius 1 is 0.214 bits per heavy atom. The fourth-order valence-electron chi connectivity index (χ4n) is 6.60. The molecule has 56 heavy (non-hydrogen) atoms. The van der Waals surface area contributed by atoms with Crippen LogP contribution in [0, 0.1) is 0 Å². The molecule has 1 fully saturated rings. The molecular formula is C40H80O8Si8. The normalized spacial score (nSPS) is 37.0. The van der Waals surface area contributed by atoms with Crippen LogP contribution in [-0.2, 0) is 32.9 Å². The van der Waals surface area contributed by atoms with E-state index in [9.17, 15) is 0 Å². The third-order valence-electron chi connectivity index (χ3n) is 11.3. The average molecular weight is 914 g/mol. The van der Waals surface area contributed by atoms with Gasteiger partial charge in [0.2, 0.25) is 0 Å². The number of hydrogen-bond acceptors (Lipinski definition) is 8. The van der Waals surface area contributed by atoms with E-state index in [1.807, 2.05) is 45.6 Å². The molecule has 0 saturated carbocycles. The van der Waals surface area contributed by atoms with E-state index < -0.39 is 68.5 Å². The van der Waals surface area contributed by atoms with E-state index in [0.29, 0.717) is 0 Å². The lowest BCUT2D eigenvalue weighted by molar-refractivity contribution is 0.219. The van der Waals surface area contributed by atoms with Crippen molar-refractivity contribution in [1.82, 2.24) is 0 Å². The SMILES string of the molecule is C=C[Si]1(C(C)C)O[Si](C=C)(C(C)C)O[Si](C=C)(C(C)C)O[Si](C=C)(C(C)C)O[Si](C=C)(C(C)C)O[Si](C=C)(C(C)C)O[Si](C=C)(C(C)C)O[Si](C=C)(C(C)C)O1. The lowest BCUT2D eigenvalue weighted by Gasteiger charge is -2.54. The lowest BCUT2D eigenvalue weighted by atomic mass is 10.6. The van der Waals surface area contributed by atoms with Gasteiger partial charge in [-0.2, -0.15) is 0 Å². The summed E-state index contributed by atoms with van der Waals surface area (Å²) >= 11 is 0. The van der Waals surface area contributed by atoms with Gasteiger partial charge in [0, 0.05) is 0 Å². The third-order valence-corrected chi connectivity index (χ3v) is 49.1. The molecule has 0 amide bonds. The Morgan fingerprint density at radius 2 is 0.286 bits per heavy atom. The zero-order valence-corrected chi connectivity index (χ0v) is 46.2. The highest BCUT2D eigenvalue weighted by molar-refractivity contribution is 7.01. The average Bonchev–Trinajstić information content (AvgIpc) is 3.13. The quantitative estimate of drug-likeness (QED) is 0.142. The molecule has 0 atom stereocenters. The molecule has 1 aliphatic rings. The molecule has 1 heterocycles. The van der Waals surface area contributed by atoms with E-state index >= 15 is 0 Å². The van der Waals surface area contributed by atoms with Gasteiger partial charge < -0.3 is 32.9 Å². The summed E-state index contributed by atoms with van der Waals surface area (Å²) in [5, 5.41) is 0. The highest BCUT2D eigenvalue weighted by Crippen LogP contribution is 2.48. The van der Waals surface area contributed by atoms with Crippen molar-refractivity contribution in [3.63, 3.8) is 0 Å². The van der Waals surface area contributed by atoms with Gasteiger partial charge in [-0.15, -0.1) is 52.6 Å². The van der Waals surface area contributed by atoms with Crippen LogP contribution in [0.25, 0.3) is 0 Å². The summed E-state index contributed by atoms with van der Waals surface area (Å²) in [5.41, 5.74) is 14.1. The molecule has 1 rings (SSSR count). The van der Waals surface area contributed by atoms with Gasteiger partial charge >= 0.3 is 68.5 Å². The number of hydrogen-bond donors (Lipinski definition) is 0. The summed E-state index contributed by atoms with van der Waals surface area (Å²) in [6.45, 7) is 69.1. The summed E-state index contributed by atoms with van der Waals surface area (Å²) in [6.07, 6.45) is 0. The summed E-state index contributed by atoms with van der Waals surface area (Å²) in [5.74, 6) is 0. The van der Waals surface area contributed by atoms with Gasteiger partial charge in [0.05, 0.1) is 0 Å². The first-order valence-corrected chi connectivity index (χ1v) is 36.2. The Balaban J connectivity index is 4.92. The Bertz CT molecular complexity index is 1080. The van der Waals surface area contributed by atoms with Gasteiger partial charge in [-0.05, 0) is 44.3 Å². The lowest BCUT2D eigenvalue weighted by Crippen LogP contribution is -2.71. The van der Waals surface area contributed by atoms with E-state index in [1.54, 1.807) is 0 Å². The predicted molar refractivity (Wildman–Crippen MR) is 257 cm³/mol. The number of rotatable bonds is 16. The fourth-order valence-corrected chi connectivity index (χ4v) is 51.1. The molecule has 1 aliphatic heterocycles.